The molecule has 1 aromatic heterocycles. The monoisotopic (exact) mass is 348 g/mol. The minimum atomic E-state index is -0.780. The SMILES string of the molecule is COc1cccc(N2C(=N)C(c3nc4ccccc4[nH]3)=C(O)C2(C)C)c1. The highest BCUT2D eigenvalue weighted by Gasteiger charge is 2.45. The number of H-pyrrole nitrogens is 1. The molecular weight excluding hydrogens is 328 g/mol. The first-order chi connectivity index (χ1) is 12.4. The maximum absolute atomic E-state index is 10.9. The highest BCUT2D eigenvalue weighted by atomic mass is 16.5. The van der Waals surface area contributed by atoms with Crippen molar-refractivity contribution in [1.82, 2.24) is 9.97 Å². The summed E-state index contributed by atoms with van der Waals surface area (Å²) in [5, 5.41) is 19.7. The zero-order valence-electron chi connectivity index (χ0n) is 14.9. The summed E-state index contributed by atoms with van der Waals surface area (Å²) >= 11 is 0. The van der Waals surface area contributed by atoms with E-state index in [0.29, 0.717) is 17.1 Å². The molecule has 0 unspecified atom stereocenters. The molecule has 0 atom stereocenters. The van der Waals surface area contributed by atoms with Crippen LogP contribution in [0.4, 0.5) is 5.69 Å². The van der Waals surface area contributed by atoms with Crippen molar-refractivity contribution in [2.24, 2.45) is 0 Å². The van der Waals surface area contributed by atoms with Crippen LogP contribution < -0.4 is 9.64 Å². The molecule has 1 aliphatic rings. The van der Waals surface area contributed by atoms with Gasteiger partial charge in [0.1, 0.15) is 23.2 Å². The molecular formula is C20H20N4O2. The van der Waals surface area contributed by atoms with E-state index < -0.39 is 5.54 Å². The smallest absolute Gasteiger partial charge is 0.145 e. The number of amidine groups is 1. The molecule has 3 N–H and O–H groups in total. The van der Waals surface area contributed by atoms with Crippen LogP contribution in [0.3, 0.4) is 0 Å². The average Bonchev–Trinajstić information content (AvgIpc) is 3.12. The Kier molecular flexibility index (Phi) is 3.50. The Morgan fingerprint density at radius 2 is 1.92 bits per heavy atom. The van der Waals surface area contributed by atoms with Crippen molar-refractivity contribution < 1.29 is 9.84 Å². The first-order valence-corrected chi connectivity index (χ1v) is 8.35. The van der Waals surface area contributed by atoms with Gasteiger partial charge in [-0.2, -0.15) is 0 Å². The van der Waals surface area contributed by atoms with Gasteiger partial charge in [-0.15, -0.1) is 0 Å². The number of methoxy groups -OCH3 is 1. The number of aliphatic hydroxyl groups is 1. The van der Waals surface area contributed by atoms with Crippen LogP contribution in [0, 0.1) is 5.41 Å². The number of aromatic nitrogens is 2. The maximum atomic E-state index is 10.9. The van der Waals surface area contributed by atoms with E-state index in [1.807, 2.05) is 62.4 Å². The predicted molar refractivity (Wildman–Crippen MR) is 103 cm³/mol. The van der Waals surface area contributed by atoms with Gasteiger partial charge in [-0.05, 0) is 38.1 Å². The summed E-state index contributed by atoms with van der Waals surface area (Å²) in [7, 11) is 1.61. The van der Waals surface area contributed by atoms with E-state index in [2.05, 4.69) is 9.97 Å². The number of imidazole rings is 1. The Morgan fingerprint density at radius 3 is 2.65 bits per heavy atom. The second-order valence-corrected chi connectivity index (χ2v) is 6.77. The second kappa shape index (κ2) is 5.62. The zero-order chi connectivity index (χ0) is 18.5. The molecule has 2 aromatic carbocycles. The summed E-state index contributed by atoms with van der Waals surface area (Å²) in [6.07, 6.45) is 0. The summed E-state index contributed by atoms with van der Waals surface area (Å²) in [6, 6.07) is 15.1. The summed E-state index contributed by atoms with van der Waals surface area (Å²) < 4.78 is 5.30. The third kappa shape index (κ3) is 2.26. The van der Waals surface area contributed by atoms with Crippen molar-refractivity contribution in [3.8, 4) is 5.75 Å². The number of benzene rings is 2. The van der Waals surface area contributed by atoms with Crippen molar-refractivity contribution >= 4 is 28.1 Å². The molecule has 0 saturated carbocycles. The largest absolute Gasteiger partial charge is 0.509 e. The van der Waals surface area contributed by atoms with Gasteiger partial charge < -0.3 is 19.7 Å². The van der Waals surface area contributed by atoms with Gasteiger partial charge in [0.2, 0.25) is 0 Å². The number of nitrogens with one attached hydrogen (secondary N) is 2. The molecule has 3 aromatic rings. The van der Waals surface area contributed by atoms with Gasteiger partial charge in [0.15, 0.2) is 0 Å². The van der Waals surface area contributed by atoms with Crippen LogP contribution in [-0.4, -0.2) is 33.6 Å². The lowest BCUT2D eigenvalue weighted by molar-refractivity contribution is 0.333. The van der Waals surface area contributed by atoms with Crippen molar-refractivity contribution in [3.05, 3.63) is 60.1 Å². The standard InChI is InChI=1S/C20H20N4O2/c1-20(2)17(25)16(19-22-14-9-4-5-10-15(14)23-19)18(21)24(20)12-7-6-8-13(11-12)26-3/h4-11,21,25H,1-3H3,(H,22,23). The zero-order valence-corrected chi connectivity index (χ0v) is 14.9. The summed E-state index contributed by atoms with van der Waals surface area (Å²) in [5.74, 6) is 1.50. The molecule has 0 saturated heterocycles. The minimum absolute atomic E-state index is 0.115. The highest BCUT2D eigenvalue weighted by molar-refractivity contribution is 6.31. The van der Waals surface area contributed by atoms with Crippen LogP contribution in [0.2, 0.25) is 0 Å². The molecule has 0 aliphatic carbocycles. The third-order valence-electron chi connectivity index (χ3n) is 4.77. The van der Waals surface area contributed by atoms with Crippen LogP contribution in [0.1, 0.15) is 19.7 Å². The van der Waals surface area contributed by atoms with E-state index in [9.17, 15) is 5.11 Å². The van der Waals surface area contributed by atoms with Gasteiger partial charge in [-0.1, -0.05) is 18.2 Å². The van der Waals surface area contributed by atoms with Crippen molar-refractivity contribution in [2.75, 3.05) is 12.0 Å². The molecule has 4 rings (SSSR count). The van der Waals surface area contributed by atoms with E-state index >= 15 is 0 Å². The van der Waals surface area contributed by atoms with Gasteiger partial charge >= 0.3 is 0 Å². The van der Waals surface area contributed by atoms with E-state index in [1.165, 1.54) is 0 Å². The molecule has 0 radical (unpaired) electrons. The lowest BCUT2D eigenvalue weighted by Gasteiger charge is -2.33. The number of hydrogen-bond acceptors (Lipinski definition) is 4. The van der Waals surface area contributed by atoms with Crippen molar-refractivity contribution in [2.45, 2.75) is 19.4 Å². The Balaban J connectivity index is 1.83. The molecule has 26 heavy (non-hydrogen) atoms. The molecule has 6 heteroatoms. The first-order valence-electron chi connectivity index (χ1n) is 8.35. The van der Waals surface area contributed by atoms with E-state index in [0.717, 1.165) is 16.7 Å². The quantitative estimate of drug-likeness (QED) is 0.665. The number of aromatic amines is 1. The topological polar surface area (TPSA) is 85.2 Å². The number of hydrogen-bond donors (Lipinski definition) is 3. The molecule has 0 fully saturated rings. The lowest BCUT2D eigenvalue weighted by Crippen LogP contribution is -2.43. The van der Waals surface area contributed by atoms with E-state index in [4.69, 9.17) is 10.1 Å². The number of ether oxygens (including phenoxy) is 1. The fourth-order valence-corrected chi connectivity index (χ4v) is 3.41. The van der Waals surface area contributed by atoms with Crippen LogP contribution in [0.15, 0.2) is 54.3 Å². The normalized spacial score (nSPS) is 16.6. The molecule has 0 spiro atoms. The van der Waals surface area contributed by atoms with Gasteiger partial charge in [0.05, 0.1) is 29.3 Å². The predicted octanol–water partition coefficient (Wildman–Crippen LogP) is 4.12. The number of nitrogens with zero attached hydrogens (tertiary/aromatic N) is 2. The van der Waals surface area contributed by atoms with Crippen LogP contribution in [0.5, 0.6) is 5.75 Å². The molecule has 1 aliphatic heterocycles. The number of anilines is 1. The second-order valence-electron chi connectivity index (χ2n) is 6.77. The van der Waals surface area contributed by atoms with Gasteiger partial charge in [-0.25, -0.2) is 4.98 Å². The molecule has 0 bridgehead atoms. The van der Waals surface area contributed by atoms with Crippen LogP contribution in [-0.2, 0) is 0 Å². The number of rotatable bonds is 3. The van der Waals surface area contributed by atoms with Gasteiger partial charge in [0, 0.05) is 11.8 Å². The first kappa shape index (κ1) is 16.2. The Hall–Kier alpha value is -3.28. The van der Waals surface area contributed by atoms with Crippen LogP contribution in [0.25, 0.3) is 16.6 Å². The summed E-state index contributed by atoms with van der Waals surface area (Å²) in [6.45, 7) is 3.76. The molecule has 132 valence electrons. The van der Waals surface area contributed by atoms with E-state index in [1.54, 1.807) is 12.0 Å². The van der Waals surface area contributed by atoms with Crippen molar-refractivity contribution in [1.29, 1.82) is 5.41 Å². The Bertz CT molecular complexity index is 1020. The molecule has 0 amide bonds. The highest BCUT2D eigenvalue weighted by Crippen LogP contribution is 2.42. The fraction of sp³-hybridized carbons (Fsp3) is 0.200. The van der Waals surface area contributed by atoms with Crippen LogP contribution >= 0.6 is 0 Å². The molecule has 6 nitrogen and oxygen atoms in total. The Morgan fingerprint density at radius 1 is 1.15 bits per heavy atom. The number of aliphatic hydroxyl groups excluding tert-OH is 1. The number of fused-ring (bicyclic) bond motifs is 1. The summed E-state index contributed by atoms with van der Waals surface area (Å²) in [4.78, 5) is 9.55. The summed E-state index contributed by atoms with van der Waals surface area (Å²) in [5.41, 5.74) is 2.07. The minimum Gasteiger partial charge on any atom is -0.509 e. The maximum Gasteiger partial charge on any atom is 0.145 e. The van der Waals surface area contributed by atoms with Crippen molar-refractivity contribution in [3.63, 3.8) is 0 Å². The van der Waals surface area contributed by atoms with Gasteiger partial charge in [-0.3, -0.25) is 5.41 Å². The van der Waals surface area contributed by atoms with Gasteiger partial charge in [0.25, 0.3) is 0 Å². The Labute approximate surface area is 151 Å². The number of para-hydroxylation sites is 2. The lowest BCUT2D eigenvalue weighted by atomic mass is 10.0. The third-order valence-corrected chi connectivity index (χ3v) is 4.77. The fourth-order valence-electron chi connectivity index (χ4n) is 3.41. The van der Waals surface area contributed by atoms with E-state index in [-0.39, 0.29) is 11.6 Å². The average molecular weight is 348 g/mol. The molecule has 2 heterocycles.